The van der Waals surface area contributed by atoms with Crippen LogP contribution in [-0.2, 0) is 10.7 Å². The van der Waals surface area contributed by atoms with Crippen LogP contribution in [-0.4, -0.2) is 17.0 Å². The summed E-state index contributed by atoms with van der Waals surface area (Å²) in [5, 5.41) is 11.8. The number of amides is 1. The minimum Gasteiger partial charge on any atom is -0.481 e. The zero-order valence-corrected chi connectivity index (χ0v) is 12.6. The van der Waals surface area contributed by atoms with Crippen molar-refractivity contribution in [1.29, 1.82) is 0 Å². The van der Waals surface area contributed by atoms with Gasteiger partial charge in [-0.05, 0) is 23.3 Å². The molecule has 2 N–H and O–H groups in total. The van der Waals surface area contributed by atoms with Gasteiger partial charge in [-0.1, -0.05) is 42.5 Å². The molecule has 0 aliphatic rings. The van der Waals surface area contributed by atoms with Gasteiger partial charge in [-0.15, -0.1) is 11.6 Å². The summed E-state index contributed by atoms with van der Waals surface area (Å²) < 4.78 is 0. The molecule has 0 saturated heterocycles. The van der Waals surface area contributed by atoms with Gasteiger partial charge in [0.1, 0.15) is 0 Å². The number of benzene rings is 2. The Morgan fingerprint density at radius 3 is 2.23 bits per heavy atom. The maximum Gasteiger partial charge on any atom is 0.305 e. The van der Waals surface area contributed by atoms with Crippen molar-refractivity contribution >= 4 is 23.5 Å². The van der Waals surface area contributed by atoms with Crippen LogP contribution in [0.3, 0.4) is 0 Å². The zero-order valence-electron chi connectivity index (χ0n) is 11.8. The highest BCUT2D eigenvalue weighted by Crippen LogP contribution is 2.17. The van der Waals surface area contributed by atoms with Crippen LogP contribution in [0.2, 0.25) is 0 Å². The number of carbonyl (C=O) groups is 2. The van der Waals surface area contributed by atoms with Crippen LogP contribution < -0.4 is 5.32 Å². The molecule has 0 bridgehead atoms. The second-order valence-corrected chi connectivity index (χ2v) is 5.13. The molecule has 0 saturated carbocycles. The predicted octanol–water partition coefficient (Wildman–Crippen LogP) is 3.37. The Hall–Kier alpha value is -2.33. The predicted molar refractivity (Wildman–Crippen MR) is 84.9 cm³/mol. The van der Waals surface area contributed by atoms with Crippen molar-refractivity contribution < 1.29 is 14.7 Å². The fourth-order valence-electron chi connectivity index (χ4n) is 2.10. The third kappa shape index (κ3) is 4.33. The maximum atomic E-state index is 12.3. The highest BCUT2D eigenvalue weighted by atomic mass is 35.5. The van der Waals surface area contributed by atoms with Gasteiger partial charge in [0.2, 0.25) is 0 Å². The van der Waals surface area contributed by atoms with E-state index in [0.29, 0.717) is 11.4 Å². The lowest BCUT2D eigenvalue weighted by Crippen LogP contribution is -2.30. The van der Waals surface area contributed by atoms with Crippen LogP contribution in [0.25, 0.3) is 0 Å². The molecule has 2 aromatic carbocycles. The number of hydrogen-bond donors (Lipinski definition) is 2. The minimum atomic E-state index is -0.966. The largest absolute Gasteiger partial charge is 0.481 e. The molecule has 0 aliphatic heterocycles. The van der Waals surface area contributed by atoms with Crippen LogP contribution in [0.15, 0.2) is 54.6 Å². The molecule has 114 valence electrons. The molecule has 4 nitrogen and oxygen atoms in total. The monoisotopic (exact) mass is 317 g/mol. The van der Waals surface area contributed by atoms with E-state index in [4.69, 9.17) is 16.7 Å². The summed E-state index contributed by atoms with van der Waals surface area (Å²) in [5.41, 5.74) is 2.15. The molecule has 1 unspecified atom stereocenters. The summed E-state index contributed by atoms with van der Waals surface area (Å²) in [5.74, 6) is -0.893. The molecular weight excluding hydrogens is 302 g/mol. The number of carboxylic acid groups (broad SMARTS) is 1. The van der Waals surface area contributed by atoms with E-state index < -0.39 is 12.0 Å². The normalized spacial score (nSPS) is 11.7. The van der Waals surface area contributed by atoms with Crippen LogP contribution in [0.1, 0.15) is 33.9 Å². The Labute approximate surface area is 133 Å². The number of halogens is 1. The lowest BCUT2D eigenvalue weighted by molar-refractivity contribution is -0.137. The number of nitrogens with one attached hydrogen (secondary N) is 1. The summed E-state index contributed by atoms with van der Waals surface area (Å²) in [7, 11) is 0. The average Bonchev–Trinajstić information content (AvgIpc) is 2.54. The van der Waals surface area contributed by atoms with E-state index in [-0.39, 0.29) is 12.3 Å². The van der Waals surface area contributed by atoms with Crippen LogP contribution >= 0.6 is 11.6 Å². The fraction of sp³-hybridized carbons (Fsp3) is 0.176. The number of alkyl halides is 1. The van der Waals surface area contributed by atoms with Crippen molar-refractivity contribution in [3.63, 3.8) is 0 Å². The molecule has 0 aliphatic carbocycles. The first-order valence-corrected chi connectivity index (χ1v) is 7.36. The number of hydrogen-bond acceptors (Lipinski definition) is 2. The zero-order chi connectivity index (χ0) is 15.9. The number of aliphatic carboxylic acids is 1. The lowest BCUT2D eigenvalue weighted by Gasteiger charge is -2.17. The first-order chi connectivity index (χ1) is 10.6. The Bertz CT molecular complexity index is 641. The van der Waals surface area contributed by atoms with E-state index in [1.54, 1.807) is 36.4 Å². The van der Waals surface area contributed by atoms with E-state index in [1.807, 2.05) is 18.2 Å². The van der Waals surface area contributed by atoms with Gasteiger partial charge in [0.05, 0.1) is 12.5 Å². The average molecular weight is 318 g/mol. The second kappa shape index (κ2) is 7.61. The molecule has 0 spiro atoms. The van der Waals surface area contributed by atoms with Crippen molar-refractivity contribution in [1.82, 2.24) is 5.32 Å². The quantitative estimate of drug-likeness (QED) is 0.803. The van der Waals surface area contributed by atoms with Gasteiger partial charge in [0.25, 0.3) is 5.91 Å². The summed E-state index contributed by atoms with van der Waals surface area (Å²) in [6, 6.07) is 15.4. The summed E-state index contributed by atoms with van der Waals surface area (Å²) in [4.78, 5) is 23.3. The van der Waals surface area contributed by atoms with E-state index >= 15 is 0 Å². The van der Waals surface area contributed by atoms with Gasteiger partial charge in [-0.2, -0.15) is 0 Å². The third-order valence-corrected chi connectivity index (χ3v) is 3.57. The molecule has 5 heteroatoms. The molecule has 1 atom stereocenters. The van der Waals surface area contributed by atoms with E-state index in [0.717, 1.165) is 11.1 Å². The van der Waals surface area contributed by atoms with E-state index in [1.165, 1.54) is 0 Å². The first-order valence-electron chi connectivity index (χ1n) is 6.82. The molecule has 0 heterocycles. The molecule has 1 amide bonds. The highest BCUT2D eigenvalue weighted by Gasteiger charge is 2.18. The molecule has 0 radical (unpaired) electrons. The van der Waals surface area contributed by atoms with Crippen molar-refractivity contribution in [3.8, 4) is 0 Å². The molecular formula is C17H16ClNO3. The highest BCUT2D eigenvalue weighted by molar-refractivity contribution is 6.17. The van der Waals surface area contributed by atoms with E-state index in [9.17, 15) is 9.59 Å². The molecule has 2 rings (SSSR count). The van der Waals surface area contributed by atoms with Gasteiger partial charge in [-0.3, -0.25) is 9.59 Å². The van der Waals surface area contributed by atoms with Gasteiger partial charge >= 0.3 is 5.97 Å². The van der Waals surface area contributed by atoms with Gasteiger partial charge < -0.3 is 10.4 Å². The standard InChI is InChI=1S/C17H16ClNO3/c18-11-12-6-8-14(9-7-12)17(22)19-15(10-16(20)21)13-4-2-1-3-5-13/h1-9,15H,10-11H2,(H,19,22)(H,20,21). The van der Waals surface area contributed by atoms with Crippen molar-refractivity contribution in [2.75, 3.05) is 0 Å². The van der Waals surface area contributed by atoms with Crippen molar-refractivity contribution in [3.05, 3.63) is 71.3 Å². The fourth-order valence-corrected chi connectivity index (χ4v) is 2.28. The van der Waals surface area contributed by atoms with Crippen LogP contribution in [0.4, 0.5) is 0 Å². The topological polar surface area (TPSA) is 66.4 Å². The Balaban J connectivity index is 2.15. The van der Waals surface area contributed by atoms with Gasteiger partial charge in [0.15, 0.2) is 0 Å². The van der Waals surface area contributed by atoms with Crippen molar-refractivity contribution in [2.24, 2.45) is 0 Å². The smallest absolute Gasteiger partial charge is 0.305 e. The third-order valence-electron chi connectivity index (χ3n) is 3.26. The first kappa shape index (κ1) is 16.0. The Morgan fingerprint density at radius 2 is 1.68 bits per heavy atom. The number of carboxylic acids is 1. The van der Waals surface area contributed by atoms with Crippen LogP contribution in [0, 0.1) is 0 Å². The lowest BCUT2D eigenvalue weighted by atomic mass is 10.0. The summed E-state index contributed by atoms with van der Waals surface area (Å²) >= 11 is 5.71. The minimum absolute atomic E-state index is 0.171. The second-order valence-electron chi connectivity index (χ2n) is 4.87. The Morgan fingerprint density at radius 1 is 1.05 bits per heavy atom. The number of rotatable bonds is 6. The maximum absolute atomic E-state index is 12.3. The van der Waals surface area contributed by atoms with Crippen LogP contribution in [0.5, 0.6) is 0 Å². The van der Waals surface area contributed by atoms with E-state index in [2.05, 4.69) is 5.32 Å². The SMILES string of the molecule is O=C(O)CC(NC(=O)c1ccc(CCl)cc1)c1ccccc1. The Kier molecular flexibility index (Phi) is 5.55. The summed E-state index contributed by atoms with van der Waals surface area (Å²) in [6.07, 6.45) is -0.171. The molecule has 22 heavy (non-hydrogen) atoms. The molecule has 2 aromatic rings. The molecule has 0 fully saturated rings. The summed E-state index contributed by atoms with van der Waals surface area (Å²) in [6.45, 7) is 0. The van der Waals surface area contributed by atoms with Crippen molar-refractivity contribution in [2.45, 2.75) is 18.3 Å². The number of carbonyl (C=O) groups excluding carboxylic acids is 1. The molecule has 0 aromatic heterocycles. The van der Waals surface area contributed by atoms with Gasteiger partial charge in [-0.25, -0.2) is 0 Å². The van der Waals surface area contributed by atoms with Gasteiger partial charge in [0, 0.05) is 11.4 Å².